The van der Waals surface area contributed by atoms with E-state index in [1.165, 1.54) is 0 Å². The Labute approximate surface area is 161 Å². The summed E-state index contributed by atoms with van der Waals surface area (Å²) in [4.78, 5) is 25.1. The molecule has 0 fully saturated rings. The smallest absolute Gasteiger partial charge is 0.355 e. The monoisotopic (exact) mass is 388 g/mol. The van der Waals surface area contributed by atoms with Crippen molar-refractivity contribution in [3.05, 3.63) is 38.2 Å². The Kier molecular flexibility index (Phi) is 4.50. The van der Waals surface area contributed by atoms with Crippen LogP contribution >= 0.6 is 11.6 Å². The predicted molar refractivity (Wildman–Crippen MR) is 104 cm³/mol. The number of ketones is 1. The minimum absolute atomic E-state index is 0.0369. The summed E-state index contributed by atoms with van der Waals surface area (Å²) in [7, 11) is 0. The fourth-order valence-corrected chi connectivity index (χ4v) is 4.14. The van der Waals surface area contributed by atoms with Crippen LogP contribution in [-0.2, 0) is 6.42 Å². The Morgan fingerprint density at radius 3 is 2.67 bits per heavy atom. The van der Waals surface area contributed by atoms with Gasteiger partial charge in [-0.1, -0.05) is 31.9 Å². The van der Waals surface area contributed by atoms with E-state index in [0.29, 0.717) is 40.0 Å². The van der Waals surface area contributed by atoms with E-state index in [4.69, 9.17) is 25.5 Å². The largest absolute Gasteiger partial charge is 0.489 e. The molecular formula is C21H21ClO5. The number of hydrogen-bond acceptors (Lipinski definition) is 5. The molecule has 5 nitrogen and oxygen atoms in total. The molecule has 0 amide bonds. The topological polar surface area (TPSA) is 65.7 Å². The Morgan fingerprint density at radius 2 is 1.96 bits per heavy atom. The van der Waals surface area contributed by atoms with Crippen LogP contribution in [0.25, 0.3) is 17.0 Å². The van der Waals surface area contributed by atoms with Crippen molar-refractivity contribution >= 4 is 34.4 Å². The first kappa shape index (κ1) is 18.1. The summed E-state index contributed by atoms with van der Waals surface area (Å²) in [5.41, 5.74) is 1.24. The summed E-state index contributed by atoms with van der Waals surface area (Å²) in [6.07, 6.45) is 6.17. The number of benzene rings is 1. The maximum atomic E-state index is 12.8. The third-order valence-corrected chi connectivity index (χ3v) is 5.46. The van der Waals surface area contributed by atoms with Crippen molar-refractivity contribution in [2.75, 3.05) is 0 Å². The molecule has 0 saturated carbocycles. The zero-order valence-electron chi connectivity index (χ0n) is 15.6. The number of hydrogen-bond donors (Lipinski definition) is 0. The Morgan fingerprint density at radius 1 is 1.19 bits per heavy atom. The number of halogens is 1. The second kappa shape index (κ2) is 6.71. The van der Waals surface area contributed by atoms with Crippen molar-refractivity contribution in [2.45, 2.75) is 58.7 Å². The third kappa shape index (κ3) is 2.76. The molecule has 27 heavy (non-hydrogen) atoms. The molecule has 2 atom stereocenters. The molecule has 0 radical (unpaired) electrons. The standard InChI is InChI=1S/C21H21ClO5/c1-4-6-11-7-8-13-18(26-11)15-12(5-2)17(22)21(24)27-20(15)16-14(23)9-10(3)25-19(13)16/h7-8,10-11H,4-6,9H2,1-3H3. The lowest BCUT2D eigenvalue weighted by Crippen LogP contribution is -2.27. The number of rotatable bonds is 3. The zero-order chi connectivity index (χ0) is 19.3. The van der Waals surface area contributed by atoms with Crippen LogP contribution in [0, 0.1) is 0 Å². The number of fused-ring (bicyclic) bond motifs is 6. The molecule has 0 bridgehead atoms. The molecule has 142 valence electrons. The van der Waals surface area contributed by atoms with Gasteiger partial charge in [0.15, 0.2) is 11.4 Å². The fraction of sp³-hybridized carbons (Fsp3) is 0.429. The molecule has 2 aromatic rings. The molecule has 1 aromatic heterocycles. The van der Waals surface area contributed by atoms with E-state index in [1.54, 1.807) is 0 Å². The number of ether oxygens (including phenoxy) is 2. The van der Waals surface area contributed by atoms with Gasteiger partial charge in [0.05, 0.1) is 10.9 Å². The van der Waals surface area contributed by atoms with E-state index in [1.807, 2.05) is 26.0 Å². The predicted octanol–water partition coefficient (Wildman–Crippen LogP) is 4.94. The number of aryl methyl sites for hydroxylation is 1. The number of Topliss-reactive ketones (excluding diaryl/α,β-unsaturated/α-hetero) is 1. The van der Waals surface area contributed by atoms with Crippen LogP contribution in [0.3, 0.4) is 0 Å². The van der Waals surface area contributed by atoms with Crippen molar-refractivity contribution in [2.24, 2.45) is 0 Å². The zero-order valence-corrected chi connectivity index (χ0v) is 16.3. The molecule has 2 unspecified atom stereocenters. The molecule has 0 N–H and O–H groups in total. The van der Waals surface area contributed by atoms with Gasteiger partial charge < -0.3 is 13.9 Å². The van der Waals surface area contributed by atoms with Crippen LogP contribution in [0.15, 0.2) is 15.3 Å². The molecule has 3 heterocycles. The van der Waals surface area contributed by atoms with Gasteiger partial charge in [-0.2, -0.15) is 0 Å². The van der Waals surface area contributed by atoms with Gasteiger partial charge in [0.2, 0.25) is 0 Å². The molecular weight excluding hydrogens is 368 g/mol. The van der Waals surface area contributed by atoms with Crippen molar-refractivity contribution in [1.29, 1.82) is 0 Å². The highest BCUT2D eigenvalue weighted by Crippen LogP contribution is 2.48. The molecule has 2 aliphatic heterocycles. The van der Waals surface area contributed by atoms with Gasteiger partial charge in [-0.05, 0) is 37.5 Å². The minimum Gasteiger partial charge on any atom is -0.489 e. The maximum Gasteiger partial charge on any atom is 0.355 e. The average Bonchev–Trinajstić information content (AvgIpc) is 2.63. The van der Waals surface area contributed by atoms with Gasteiger partial charge in [0, 0.05) is 6.42 Å². The van der Waals surface area contributed by atoms with Gasteiger partial charge in [-0.25, -0.2) is 4.79 Å². The summed E-state index contributed by atoms with van der Waals surface area (Å²) in [6, 6.07) is 0. The van der Waals surface area contributed by atoms with Gasteiger partial charge in [0.25, 0.3) is 0 Å². The lowest BCUT2D eigenvalue weighted by Gasteiger charge is -2.30. The van der Waals surface area contributed by atoms with Crippen LogP contribution < -0.4 is 15.1 Å². The van der Waals surface area contributed by atoms with Gasteiger partial charge >= 0.3 is 5.63 Å². The SMILES string of the molecule is CCCC1C=Cc2c3c(c4oc(=O)c(Cl)c(CC)c4c2O1)C(=O)CC(C)O3. The molecule has 6 heteroatoms. The molecule has 0 aliphatic carbocycles. The first-order valence-electron chi connectivity index (χ1n) is 9.36. The van der Waals surface area contributed by atoms with E-state index in [0.717, 1.165) is 12.8 Å². The molecule has 4 rings (SSSR count). The van der Waals surface area contributed by atoms with Crippen molar-refractivity contribution in [3.8, 4) is 11.5 Å². The van der Waals surface area contributed by atoms with Crippen LogP contribution in [0.2, 0.25) is 5.02 Å². The van der Waals surface area contributed by atoms with E-state index < -0.39 is 5.63 Å². The lowest BCUT2D eigenvalue weighted by molar-refractivity contribution is 0.0870. The summed E-state index contributed by atoms with van der Waals surface area (Å²) >= 11 is 6.26. The quantitative estimate of drug-likeness (QED) is 0.697. The second-order valence-electron chi connectivity index (χ2n) is 7.05. The van der Waals surface area contributed by atoms with E-state index in [-0.39, 0.29) is 35.0 Å². The number of carbonyl (C=O) groups excluding carboxylic acids is 1. The van der Waals surface area contributed by atoms with Crippen molar-refractivity contribution in [3.63, 3.8) is 0 Å². The first-order chi connectivity index (χ1) is 13.0. The lowest BCUT2D eigenvalue weighted by atomic mass is 9.91. The summed E-state index contributed by atoms with van der Waals surface area (Å²) in [5.74, 6) is 0.905. The highest BCUT2D eigenvalue weighted by Gasteiger charge is 2.35. The average molecular weight is 389 g/mol. The van der Waals surface area contributed by atoms with Gasteiger partial charge in [-0.15, -0.1) is 0 Å². The van der Waals surface area contributed by atoms with Crippen LogP contribution in [0.4, 0.5) is 0 Å². The van der Waals surface area contributed by atoms with E-state index in [2.05, 4.69) is 6.92 Å². The van der Waals surface area contributed by atoms with Crippen molar-refractivity contribution < 1.29 is 18.7 Å². The highest BCUT2D eigenvalue weighted by atomic mass is 35.5. The summed E-state index contributed by atoms with van der Waals surface area (Å²) in [6.45, 7) is 5.85. The molecule has 1 aromatic carbocycles. The molecule has 0 saturated heterocycles. The minimum atomic E-state index is -0.647. The first-order valence-corrected chi connectivity index (χ1v) is 9.73. The van der Waals surface area contributed by atoms with E-state index in [9.17, 15) is 9.59 Å². The van der Waals surface area contributed by atoms with E-state index >= 15 is 0 Å². The molecule has 2 aliphatic rings. The van der Waals surface area contributed by atoms with Crippen LogP contribution in [0.1, 0.15) is 61.5 Å². The highest BCUT2D eigenvalue weighted by molar-refractivity contribution is 6.32. The maximum absolute atomic E-state index is 12.8. The normalized spacial score (nSPS) is 20.8. The second-order valence-corrected chi connectivity index (χ2v) is 7.42. The van der Waals surface area contributed by atoms with Gasteiger partial charge in [-0.3, -0.25) is 4.79 Å². The van der Waals surface area contributed by atoms with Crippen molar-refractivity contribution in [1.82, 2.24) is 0 Å². The van der Waals surface area contributed by atoms with Crippen LogP contribution in [0.5, 0.6) is 11.5 Å². The van der Waals surface area contributed by atoms with Gasteiger partial charge in [0.1, 0.15) is 34.3 Å². The van der Waals surface area contributed by atoms with Crippen LogP contribution in [-0.4, -0.2) is 18.0 Å². The fourth-order valence-electron chi connectivity index (χ4n) is 3.87. The summed E-state index contributed by atoms with van der Waals surface area (Å²) in [5, 5.41) is 0.641. The third-order valence-electron chi connectivity index (χ3n) is 5.08. The Bertz CT molecular complexity index is 1030. The Hall–Kier alpha value is -2.27. The molecule has 0 spiro atoms. The Balaban J connectivity index is 2.14. The number of carbonyl (C=O) groups is 1. The summed E-state index contributed by atoms with van der Waals surface area (Å²) < 4.78 is 17.8.